The molecule has 2 saturated heterocycles. The molecule has 2 aliphatic heterocycles. The van der Waals surface area contributed by atoms with Gasteiger partial charge in [0, 0.05) is 43.8 Å². The fraction of sp³-hybridized carbons (Fsp3) is 0.727. The van der Waals surface area contributed by atoms with E-state index < -0.39 is 0 Å². The third-order valence-corrected chi connectivity index (χ3v) is 6.57. The highest BCUT2D eigenvalue weighted by Crippen LogP contribution is 2.28. The molecular weight excluding hydrogens is 336 g/mol. The Hall–Kier alpha value is -1.46. The van der Waals surface area contributed by atoms with E-state index in [9.17, 15) is 4.79 Å². The first kappa shape index (κ1) is 18.9. The summed E-state index contributed by atoms with van der Waals surface area (Å²) in [6.45, 7) is 8.43. The molecule has 1 N–H and O–H groups in total. The van der Waals surface area contributed by atoms with E-state index in [2.05, 4.69) is 45.2 Å². The lowest BCUT2D eigenvalue weighted by molar-refractivity contribution is -0.126. The lowest BCUT2D eigenvalue weighted by atomic mass is 9.92. The lowest BCUT2D eigenvalue weighted by Crippen LogP contribution is -2.49. The summed E-state index contributed by atoms with van der Waals surface area (Å²) in [5.41, 5.74) is 2.29. The molecule has 3 aliphatic rings. The molecule has 1 saturated carbocycles. The van der Waals surface area contributed by atoms with Gasteiger partial charge in [0.15, 0.2) is 0 Å². The predicted molar refractivity (Wildman–Crippen MR) is 107 cm³/mol. The topological polar surface area (TPSA) is 48.5 Å². The molecule has 4 rings (SSSR count). The van der Waals surface area contributed by atoms with E-state index in [0.717, 1.165) is 63.7 Å². The summed E-state index contributed by atoms with van der Waals surface area (Å²) in [5.74, 6) is 1.32. The van der Waals surface area contributed by atoms with Crippen LogP contribution < -0.4 is 5.32 Å². The molecule has 1 amide bonds. The van der Waals surface area contributed by atoms with Crippen molar-refractivity contribution in [1.29, 1.82) is 0 Å². The fourth-order valence-electron chi connectivity index (χ4n) is 4.60. The molecule has 0 unspecified atom stereocenters. The molecular formula is C22H34N4O. The molecule has 1 aromatic heterocycles. The monoisotopic (exact) mass is 370 g/mol. The van der Waals surface area contributed by atoms with Crippen LogP contribution in [0.4, 0.5) is 0 Å². The van der Waals surface area contributed by atoms with Crippen molar-refractivity contribution in [2.24, 2.45) is 11.8 Å². The van der Waals surface area contributed by atoms with Crippen molar-refractivity contribution < 1.29 is 4.79 Å². The van der Waals surface area contributed by atoms with Crippen molar-refractivity contribution in [3.8, 4) is 0 Å². The molecule has 3 fully saturated rings. The molecule has 0 bridgehead atoms. The van der Waals surface area contributed by atoms with Crippen molar-refractivity contribution in [2.45, 2.75) is 58.0 Å². The lowest BCUT2D eigenvalue weighted by Gasteiger charge is -2.41. The van der Waals surface area contributed by atoms with E-state index in [-0.39, 0.29) is 5.92 Å². The molecule has 0 spiro atoms. The minimum atomic E-state index is 0.243. The number of carbonyl (C=O) groups excluding carboxylic acids is 1. The number of likely N-dealkylation sites (tertiary alicyclic amines) is 2. The third-order valence-electron chi connectivity index (χ3n) is 6.57. The van der Waals surface area contributed by atoms with Gasteiger partial charge in [-0.15, -0.1) is 0 Å². The number of piperidine rings is 2. The zero-order valence-corrected chi connectivity index (χ0v) is 16.7. The number of hydrogen-bond acceptors (Lipinski definition) is 4. The van der Waals surface area contributed by atoms with Crippen molar-refractivity contribution in [1.82, 2.24) is 20.1 Å². The highest BCUT2D eigenvalue weighted by atomic mass is 16.1. The van der Waals surface area contributed by atoms with Crippen molar-refractivity contribution in [3.05, 3.63) is 29.6 Å². The van der Waals surface area contributed by atoms with E-state index in [0.29, 0.717) is 11.9 Å². The van der Waals surface area contributed by atoms with Gasteiger partial charge in [-0.2, -0.15) is 0 Å². The number of hydrogen-bond donors (Lipinski definition) is 1. The average Bonchev–Trinajstić information content (AvgIpc) is 3.51. The standard InChI is InChI=1S/C22H34N4O/c1-17-3-2-4-20(24-17)16-25-11-9-21(10-12-25)26-13-7-19(8-14-26)22(27)23-15-18-5-6-18/h2-4,18-19,21H,5-16H2,1H3,(H,23,27). The van der Waals surface area contributed by atoms with Crippen LogP contribution in [-0.4, -0.2) is 59.5 Å². The Morgan fingerprint density at radius 1 is 1.07 bits per heavy atom. The van der Waals surface area contributed by atoms with Crippen LogP contribution in [0.5, 0.6) is 0 Å². The van der Waals surface area contributed by atoms with E-state index in [1.165, 1.54) is 31.4 Å². The van der Waals surface area contributed by atoms with E-state index in [4.69, 9.17) is 0 Å². The van der Waals surface area contributed by atoms with E-state index in [1.807, 2.05) is 0 Å². The molecule has 5 heteroatoms. The number of nitrogens with zero attached hydrogens (tertiary/aromatic N) is 3. The molecule has 3 heterocycles. The zero-order chi connectivity index (χ0) is 18.6. The van der Waals surface area contributed by atoms with Crippen LogP contribution in [0.25, 0.3) is 0 Å². The predicted octanol–water partition coefficient (Wildman–Crippen LogP) is 2.59. The van der Waals surface area contributed by atoms with Crippen molar-refractivity contribution in [3.63, 3.8) is 0 Å². The molecule has 27 heavy (non-hydrogen) atoms. The Balaban J connectivity index is 1.17. The summed E-state index contributed by atoms with van der Waals surface area (Å²) in [6.07, 6.45) is 7.15. The molecule has 0 radical (unpaired) electrons. The smallest absolute Gasteiger partial charge is 0.223 e. The normalized spacial score (nSPS) is 23.4. The van der Waals surface area contributed by atoms with Crippen LogP contribution in [0, 0.1) is 18.8 Å². The highest BCUT2D eigenvalue weighted by molar-refractivity contribution is 5.78. The van der Waals surface area contributed by atoms with Gasteiger partial charge in [0.2, 0.25) is 5.91 Å². The van der Waals surface area contributed by atoms with Gasteiger partial charge in [0.05, 0.1) is 5.69 Å². The molecule has 148 valence electrons. The van der Waals surface area contributed by atoms with E-state index >= 15 is 0 Å². The molecule has 1 aliphatic carbocycles. The second kappa shape index (κ2) is 8.70. The summed E-state index contributed by atoms with van der Waals surface area (Å²) in [6, 6.07) is 7.00. The number of nitrogens with one attached hydrogen (secondary N) is 1. The van der Waals surface area contributed by atoms with Gasteiger partial charge in [-0.3, -0.25) is 14.7 Å². The number of rotatable bonds is 6. The quantitative estimate of drug-likeness (QED) is 0.836. The minimum absolute atomic E-state index is 0.243. The van der Waals surface area contributed by atoms with Gasteiger partial charge in [-0.25, -0.2) is 0 Å². The zero-order valence-electron chi connectivity index (χ0n) is 16.7. The first-order valence-corrected chi connectivity index (χ1v) is 10.8. The Morgan fingerprint density at radius 2 is 1.81 bits per heavy atom. The fourth-order valence-corrected chi connectivity index (χ4v) is 4.60. The first-order valence-electron chi connectivity index (χ1n) is 10.8. The second-order valence-corrected chi connectivity index (χ2v) is 8.78. The molecule has 0 atom stereocenters. The SMILES string of the molecule is Cc1cccc(CN2CCC(N3CCC(C(=O)NCC4CC4)CC3)CC2)n1. The van der Waals surface area contributed by atoms with Crippen LogP contribution in [0.3, 0.4) is 0 Å². The maximum atomic E-state index is 12.3. The first-order chi connectivity index (χ1) is 13.2. The van der Waals surface area contributed by atoms with Crippen LogP contribution in [0.2, 0.25) is 0 Å². The van der Waals surface area contributed by atoms with Crippen molar-refractivity contribution in [2.75, 3.05) is 32.7 Å². The number of pyridine rings is 1. The van der Waals surface area contributed by atoms with Gasteiger partial charge in [-0.1, -0.05) is 6.07 Å². The summed E-state index contributed by atoms with van der Waals surface area (Å²) in [5, 5.41) is 3.17. The van der Waals surface area contributed by atoms with Crippen molar-refractivity contribution >= 4 is 5.91 Å². The third kappa shape index (κ3) is 5.29. The molecule has 5 nitrogen and oxygen atoms in total. The Kier molecular flexibility index (Phi) is 6.08. The van der Waals surface area contributed by atoms with Gasteiger partial charge in [-0.05, 0) is 76.6 Å². The summed E-state index contributed by atoms with van der Waals surface area (Å²) < 4.78 is 0. The molecule has 1 aromatic rings. The Morgan fingerprint density at radius 3 is 2.48 bits per heavy atom. The second-order valence-electron chi connectivity index (χ2n) is 8.78. The van der Waals surface area contributed by atoms with Crippen LogP contribution in [0.15, 0.2) is 18.2 Å². The number of carbonyl (C=O) groups is 1. The van der Waals surface area contributed by atoms with Gasteiger partial charge in [0.1, 0.15) is 0 Å². The maximum absolute atomic E-state index is 12.3. The average molecular weight is 371 g/mol. The Bertz CT molecular complexity index is 629. The number of aromatic nitrogens is 1. The molecule has 0 aromatic carbocycles. The maximum Gasteiger partial charge on any atom is 0.223 e. The minimum Gasteiger partial charge on any atom is -0.356 e. The largest absolute Gasteiger partial charge is 0.356 e. The summed E-state index contributed by atoms with van der Waals surface area (Å²) in [4.78, 5) is 22.1. The van der Waals surface area contributed by atoms with Crippen LogP contribution in [-0.2, 0) is 11.3 Å². The summed E-state index contributed by atoms with van der Waals surface area (Å²) >= 11 is 0. The van der Waals surface area contributed by atoms with Gasteiger partial charge in [0.25, 0.3) is 0 Å². The summed E-state index contributed by atoms with van der Waals surface area (Å²) in [7, 11) is 0. The number of aryl methyl sites for hydroxylation is 1. The van der Waals surface area contributed by atoms with Gasteiger partial charge < -0.3 is 10.2 Å². The van der Waals surface area contributed by atoms with Gasteiger partial charge >= 0.3 is 0 Å². The highest BCUT2D eigenvalue weighted by Gasteiger charge is 2.31. The number of amides is 1. The van der Waals surface area contributed by atoms with Crippen LogP contribution in [0.1, 0.15) is 49.9 Å². The van der Waals surface area contributed by atoms with E-state index in [1.54, 1.807) is 0 Å². The van der Waals surface area contributed by atoms with Crippen LogP contribution >= 0.6 is 0 Å². The Labute approximate surface area is 163 Å².